The Balaban J connectivity index is 1.12. The molecule has 4 N–H and O–H groups in total. The van der Waals surface area contributed by atoms with E-state index in [0.29, 0.717) is 11.9 Å². The Kier molecular flexibility index (Phi) is 8.28. The third kappa shape index (κ3) is 6.01. The van der Waals surface area contributed by atoms with Gasteiger partial charge in [-0.3, -0.25) is 9.59 Å². The van der Waals surface area contributed by atoms with Crippen LogP contribution in [0.4, 0.5) is 4.79 Å². The van der Waals surface area contributed by atoms with Crippen molar-refractivity contribution in [1.29, 1.82) is 0 Å². The Bertz CT molecular complexity index is 2020. The monoisotopic (exact) mass is 632 g/mol. The number of methoxy groups -OCH3 is 1. The molecular weight excluding hydrogens is 592 g/mol. The molecule has 2 saturated heterocycles. The molecule has 3 atom stereocenters. The normalized spacial score (nSPS) is 18.7. The highest BCUT2D eigenvalue weighted by atomic mass is 16.5. The number of nitrogens with one attached hydrogen (secondary N) is 4. The Morgan fingerprint density at radius 3 is 2.43 bits per heavy atom. The largest absolute Gasteiger partial charge is 0.453 e. The van der Waals surface area contributed by atoms with E-state index in [-0.39, 0.29) is 29.3 Å². The van der Waals surface area contributed by atoms with E-state index in [0.717, 1.165) is 82.4 Å². The molecule has 2 fully saturated rings. The number of carbonyl (C=O) groups excluding carboxylic acids is 2. The third-order valence-corrected chi connectivity index (χ3v) is 9.61. The summed E-state index contributed by atoms with van der Waals surface area (Å²) in [6.07, 6.45) is 5.01. The van der Waals surface area contributed by atoms with E-state index in [9.17, 15) is 14.4 Å². The quantitative estimate of drug-likeness (QED) is 0.169. The van der Waals surface area contributed by atoms with Crippen molar-refractivity contribution in [3.05, 3.63) is 88.6 Å². The van der Waals surface area contributed by atoms with Crippen molar-refractivity contribution in [3.63, 3.8) is 0 Å². The highest BCUT2D eigenvalue weighted by molar-refractivity contribution is 5.92. The van der Waals surface area contributed by atoms with Crippen LogP contribution in [0.1, 0.15) is 63.1 Å². The van der Waals surface area contributed by atoms with Crippen molar-refractivity contribution in [3.8, 4) is 22.4 Å². The van der Waals surface area contributed by atoms with Gasteiger partial charge in [-0.05, 0) is 84.3 Å². The maximum Gasteiger partial charge on any atom is 0.407 e. The van der Waals surface area contributed by atoms with Gasteiger partial charge in [0.2, 0.25) is 5.91 Å². The first-order valence-corrected chi connectivity index (χ1v) is 16.4. The van der Waals surface area contributed by atoms with Gasteiger partial charge in [0.1, 0.15) is 11.9 Å². The lowest BCUT2D eigenvalue weighted by molar-refractivity contribution is -0.135. The molecule has 47 heavy (non-hydrogen) atoms. The SMILES string of the molecule is COC(=O)N[C@H](C(=O)N1CCC[C@H]1c1ncc(-c2ccc3cc(-c4ccc5c(=O)cc(C6CCCN6)[nH]c5c4)ccc3c2)[nH]1)C(C)C. The molecule has 0 spiro atoms. The van der Waals surface area contributed by atoms with E-state index in [2.05, 4.69) is 63.1 Å². The molecular formula is C37H40N6O4. The van der Waals surface area contributed by atoms with E-state index < -0.39 is 12.1 Å². The summed E-state index contributed by atoms with van der Waals surface area (Å²) in [5, 5.41) is 9.07. The third-order valence-electron chi connectivity index (χ3n) is 9.61. The standard InChI is InChI=1S/C37H40N6O4/c1-21(2)34(42-37(46)47-3)36(45)43-15-5-7-32(43)35-39-20-31(41-35)26-11-10-22-16-23(8-9-24(22)17-26)25-12-13-27-29(18-25)40-30(19-33(27)44)28-6-4-14-38-28/h8-13,16-21,28,32,34,38H,4-7,14-15H2,1-3H3,(H,39,41)(H,40,44)(H,42,46)/t28?,32-,34-/m0/s1. The second kappa shape index (κ2) is 12.7. The second-order valence-electron chi connectivity index (χ2n) is 13.0. The number of fused-ring (bicyclic) bond motifs is 2. The van der Waals surface area contributed by atoms with Crippen molar-refractivity contribution in [2.45, 2.75) is 57.7 Å². The molecule has 0 saturated carbocycles. The molecule has 0 bridgehead atoms. The average molecular weight is 633 g/mol. The average Bonchev–Trinajstić information content (AvgIpc) is 3.88. The molecule has 2 aliphatic heterocycles. The first-order chi connectivity index (χ1) is 22.8. The van der Waals surface area contributed by atoms with Gasteiger partial charge in [-0.1, -0.05) is 44.2 Å². The number of benzene rings is 3. The predicted octanol–water partition coefficient (Wildman–Crippen LogP) is 6.21. The molecule has 3 aromatic carbocycles. The first kappa shape index (κ1) is 30.7. The number of carbonyl (C=O) groups is 2. The van der Waals surface area contributed by atoms with Crippen LogP contribution >= 0.6 is 0 Å². The molecule has 2 aromatic heterocycles. The Morgan fingerprint density at radius 1 is 0.936 bits per heavy atom. The Labute approximate surface area is 272 Å². The number of ether oxygens (including phenoxy) is 1. The maximum absolute atomic E-state index is 13.5. The minimum Gasteiger partial charge on any atom is -0.453 e. The smallest absolute Gasteiger partial charge is 0.407 e. The molecule has 4 heterocycles. The number of hydrogen-bond acceptors (Lipinski definition) is 6. The number of rotatable bonds is 7. The highest BCUT2D eigenvalue weighted by Gasteiger charge is 2.37. The summed E-state index contributed by atoms with van der Waals surface area (Å²) in [5.41, 5.74) is 5.86. The highest BCUT2D eigenvalue weighted by Crippen LogP contribution is 2.34. The summed E-state index contributed by atoms with van der Waals surface area (Å²) in [5.74, 6) is 0.518. The van der Waals surface area contributed by atoms with Crippen LogP contribution in [0.5, 0.6) is 0 Å². The molecule has 5 aromatic rings. The fourth-order valence-electron chi connectivity index (χ4n) is 7.03. The molecule has 2 aliphatic rings. The van der Waals surface area contributed by atoms with E-state index in [4.69, 9.17) is 9.72 Å². The lowest BCUT2D eigenvalue weighted by Crippen LogP contribution is -2.51. The minimum atomic E-state index is -0.675. The molecule has 242 valence electrons. The van der Waals surface area contributed by atoms with Gasteiger partial charge < -0.3 is 30.2 Å². The maximum atomic E-state index is 13.5. The molecule has 1 unspecified atom stereocenters. The van der Waals surface area contributed by atoms with E-state index in [1.807, 2.05) is 37.1 Å². The van der Waals surface area contributed by atoms with Gasteiger partial charge in [0.15, 0.2) is 5.43 Å². The number of likely N-dealkylation sites (tertiary alicyclic amines) is 1. The predicted molar refractivity (Wildman–Crippen MR) is 183 cm³/mol. The summed E-state index contributed by atoms with van der Waals surface area (Å²) in [6.45, 7) is 5.40. The molecule has 0 radical (unpaired) electrons. The number of alkyl carbamates (subject to hydrolysis) is 1. The van der Waals surface area contributed by atoms with E-state index >= 15 is 0 Å². The number of hydrogen-bond donors (Lipinski definition) is 4. The Morgan fingerprint density at radius 2 is 1.68 bits per heavy atom. The van der Waals surface area contributed by atoms with Gasteiger partial charge in [0, 0.05) is 35.3 Å². The fourth-order valence-corrected chi connectivity index (χ4v) is 7.03. The van der Waals surface area contributed by atoms with E-state index in [1.165, 1.54) is 7.11 Å². The van der Waals surface area contributed by atoms with Crippen LogP contribution in [-0.2, 0) is 9.53 Å². The van der Waals surface area contributed by atoms with Gasteiger partial charge in [-0.25, -0.2) is 9.78 Å². The van der Waals surface area contributed by atoms with Gasteiger partial charge >= 0.3 is 6.09 Å². The summed E-state index contributed by atoms with van der Waals surface area (Å²) < 4.78 is 4.75. The van der Waals surface area contributed by atoms with Crippen LogP contribution in [0.25, 0.3) is 44.1 Å². The van der Waals surface area contributed by atoms with E-state index in [1.54, 1.807) is 6.07 Å². The molecule has 10 heteroatoms. The van der Waals surface area contributed by atoms with Gasteiger partial charge in [-0.2, -0.15) is 0 Å². The zero-order valence-corrected chi connectivity index (χ0v) is 26.9. The van der Waals surface area contributed by atoms with Crippen LogP contribution in [-0.4, -0.2) is 58.1 Å². The number of H-pyrrole nitrogens is 2. The van der Waals surface area contributed by atoms with Crippen LogP contribution < -0.4 is 16.1 Å². The molecule has 2 amide bonds. The van der Waals surface area contributed by atoms with Crippen LogP contribution in [0.15, 0.2) is 71.7 Å². The summed E-state index contributed by atoms with van der Waals surface area (Å²) in [7, 11) is 1.30. The first-order valence-electron chi connectivity index (χ1n) is 16.4. The molecule has 10 nitrogen and oxygen atoms in total. The fraction of sp³-hybridized carbons (Fsp3) is 0.351. The van der Waals surface area contributed by atoms with Crippen molar-refractivity contribution in [2.75, 3.05) is 20.2 Å². The summed E-state index contributed by atoms with van der Waals surface area (Å²) in [4.78, 5) is 51.8. The second-order valence-corrected chi connectivity index (χ2v) is 13.0. The summed E-state index contributed by atoms with van der Waals surface area (Å²) >= 11 is 0. The number of aromatic amines is 2. The minimum absolute atomic E-state index is 0.0459. The van der Waals surface area contributed by atoms with Crippen LogP contribution in [0.3, 0.4) is 0 Å². The zero-order chi connectivity index (χ0) is 32.7. The van der Waals surface area contributed by atoms with Crippen molar-refractivity contribution in [2.24, 2.45) is 5.92 Å². The van der Waals surface area contributed by atoms with Crippen molar-refractivity contribution >= 4 is 33.7 Å². The lowest BCUT2D eigenvalue weighted by atomic mass is 9.98. The number of amides is 2. The molecule has 7 rings (SSSR count). The topological polar surface area (TPSA) is 132 Å². The van der Waals surface area contributed by atoms with Gasteiger partial charge in [0.25, 0.3) is 0 Å². The number of imidazole rings is 1. The number of aromatic nitrogens is 3. The van der Waals surface area contributed by atoms with Crippen LogP contribution in [0, 0.1) is 5.92 Å². The lowest BCUT2D eigenvalue weighted by Gasteiger charge is -2.30. The number of pyridine rings is 1. The number of nitrogens with zero attached hydrogens (tertiary/aromatic N) is 2. The summed E-state index contributed by atoms with van der Waals surface area (Å²) in [6, 6.07) is 19.8. The van der Waals surface area contributed by atoms with Crippen molar-refractivity contribution in [1.82, 2.24) is 30.5 Å². The Hall–Kier alpha value is -4.96. The van der Waals surface area contributed by atoms with Crippen LogP contribution in [0.2, 0.25) is 0 Å². The molecule has 0 aliphatic carbocycles. The van der Waals surface area contributed by atoms with Gasteiger partial charge in [-0.15, -0.1) is 0 Å². The van der Waals surface area contributed by atoms with Gasteiger partial charge in [0.05, 0.1) is 30.6 Å². The van der Waals surface area contributed by atoms with Crippen molar-refractivity contribution < 1.29 is 14.3 Å². The zero-order valence-electron chi connectivity index (χ0n) is 26.9.